The topological polar surface area (TPSA) is 60.7 Å². The lowest BCUT2D eigenvalue weighted by atomic mass is 10.1. The van der Waals surface area contributed by atoms with Crippen LogP contribution in [0.3, 0.4) is 0 Å². The van der Waals surface area contributed by atoms with Gasteiger partial charge in [-0.05, 0) is 30.5 Å². The summed E-state index contributed by atoms with van der Waals surface area (Å²) in [5, 5.41) is 11.5. The molecule has 2 aromatic carbocycles. The summed E-state index contributed by atoms with van der Waals surface area (Å²) in [6.07, 6.45) is 8.45. The van der Waals surface area contributed by atoms with Crippen molar-refractivity contribution in [2.45, 2.75) is 78.4 Å². The number of aryl methyl sites for hydroxylation is 1. The van der Waals surface area contributed by atoms with E-state index in [0.717, 1.165) is 67.8 Å². The second-order valence-electron chi connectivity index (χ2n) is 8.56. The zero-order valence-corrected chi connectivity index (χ0v) is 20.0. The molecule has 0 aliphatic carbocycles. The second-order valence-corrected chi connectivity index (χ2v) is 8.56. The number of aromatic nitrogens is 1. The monoisotopic (exact) mass is 451 g/mol. The lowest BCUT2D eigenvalue weighted by molar-refractivity contribution is 0.290. The summed E-state index contributed by atoms with van der Waals surface area (Å²) in [6, 6.07) is 15.6. The molecule has 0 aliphatic rings. The van der Waals surface area contributed by atoms with E-state index in [0.29, 0.717) is 25.5 Å². The Kier molecular flexibility index (Phi) is 9.67. The lowest BCUT2D eigenvalue weighted by Crippen LogP contribution is -2.21. The zero-order valence-electron chi connectivity index (χ0n) is 20.0. The van der Waals surface area contributed by atoms with Crippen LogP contribution >= 0.6 is 0 Å². The SMILES string of the molecule is CCCCCCOc1c(O)c(=O)n(CCCCCC)c2cc(OCc3ccccc3)ccc12. The molecule has 1 heterocycles. The van der Waals surface area contributed by atoms with E-state index in [2.05, 4.69) is 13.8 Å². The van der Waals surface area contributed by atoms with Gasteiger partial charge in [-0.2, -0.15) is 0 Å². The van der Waals surface area contributed by atoms with Gasteiger partial charge in [0.05, 0.1) is 12.1 Å². The molecule has 0 bridgehead atoms. The van der Waals surface area contributed by atoms with E-state index in [-0.39, 0.29) is 11.5 Å². The Morgan fingerprint density at radius 2 is 1.58 bits per heavy atom. The van der Waals surface area contributed by atoms with Crippen molar-refractivity contribution in [3.05, 3.63) is 64.4 Å². The molecule has 0 fully saturated rings. The molecule has 0 amide bonds. The molecule has 3 rings (SSSR count). The highest BCUT2D eigenvalue weighted by molar-refractivity contribution is 5.88. The highest BCUT2D eigenvalue weighted by atomic mass is 16.5. The number of unbranched alkanes of at least 4 members (excludes halogenated alkanes) is 6. The first-order valence-electron chi connectivity index (χ1n) is 12.3. The summed E-state index contributed by atoms with van der Waals surface area (Å²) >= 11 is 0. The number of hydrogen-bond donors (Lipinski definition) is 1. The largest absolute Gasteiger partial charge is 0.500 e. The molecule has 0 radical (unpaired) electrons. The standard InChI is InChI=1S/C28H37NO4/c1-3-5-7-12-18-29-25-20-23(33-21-22-14-10-9-11-15-22)16-17-24(25)27(26(30)28(29)31)32-19-13-8-6-4-2/h9-11,14-17,20,30H,3-8,12-13,18-19,21H2,1-2H3. The first-order valence-corrected chi connectivity index (χ1v) is 12.3. The van der Waals surface area contributed by atoms with Crippen LogP contribution in [0.5, 0.6) is 17.2 Å². The molecule has 0 unspecified atom stereocenters. The van der Waals surface area contributed by atoms with Crippen LogP contribution in [0, 0.1) is 0 Å². The van der Waals surface area contributed by atoms with Gasteiger partial charge < -0.3 is 19.1 Å². The Labute approximate surface area is 197 Å². The average Bonchev–Trinajstić information content (AvgIpc) is 2.84. The van der Waals surface area contributed by atoms with Crippen LogP contribution in [0.25, 0.3) is 10.9 Å². The van der Waals surface area contributed by atoms with Gasteiger partial charge in [0.2, 0.25) is 5.75 Å². The summed E-state index contributed by atoms with van der Waals surface area (Å²) in [6.45, 7) is 5.82. The first kappa shape index (κ1) is 24.7. The van der Waals surface area contributed by atoms with Crippen molar-refractivity contribution in [3.63, 3.8) is 0 Å². The molecule has 178 valence electrons. The van der Waals surface area contributed by atoms with Crippen LogP contribution < -0.4 is 15.0 Å². The number of ether oxygens (including phenoxy) is 2. The summed E-state index contributed by atoms with van der Waals surface area (Å²) in [5.41, 5.74) is 1.42. The van der Waals surface area contributed by atoms with Crippen LogP contribution in [0.2, 0.25) is 0 Å². The molecule has 1 aromatic heterocycles. The minimum absolute atomic E-state index is 0.283. The molecular weight excluding hydrogens is 414 g/mol. The Morgan fingerprint density at radius 3 is 2.30 bits per heavy atom. The van der Waals surface area contributed by atoms with Crippen LogP contribution in [0.4, 0.5) is 0 Å². The molecule has 5 heteroatoms. The third-order valence-corrected chi connectivity index (χ3v) is 5.90. The van der Waals surface area contributed by atoms with Crippen LogP contribution in [-0.2, 0) is 13.2 Å². The Morgan fingerprint density at radius 1 is 0.848 bits per heavy atom. The van der Waals surface area contributed by atoms with Crippen molar-refractivity contribution >= 4 is 10.9 Å². The van der Waals surface area contributed by atoms with E-state index in [1.54, 1.807) is 4.57 Å². The quantitative estimate of drug-likeness (QED) is 0.273. The predicted octanol–water partition coefficient (Wildman–Crippen LogP) is 6.83. The minimum atomic E-state index is -0.400. The summed E-state index contributed by atoms with van der Waals surface area (Å²) in [7, 11) is 0. The maximum atomic E-state index is 13.1. The maximum absolute atomic E-state index is 13.1. The summed E-state index contributed by atoms with van der Waals surface area (Å²) in [4.78, 5) is 13.1. The van der Waals surface area contributed by atoms with E-state index in [4.69, 9.17) is 9.47 Å². The number of hydrogen-bond acceptors (Lipinski definition) is 4. The van der Waals surface area contributed by atoms with Gasteiger partial charge in [0, 0.05) is 18.0 Å². The second kappa shape index (κ2) is 12.9. The molecular formula is C28H37NO4. The van der Waals surface area contributed by atoms with Gasteiger partial charge in [-0.15, -0.1) is 0 Å². The van der Waals surface area contributed by atoms with Crippen molar-refractivity contribution in [2.24, 2.45) is 0 Å². The predicted molar refractivity (Wildman–Crippen MR) is 134 cm³/mol. The number of pyridine rings is 1. The fourth-order valence-electron chi connectivity index (χ4n) is 3.99. The molecule has 3 aromatic rings. The van der Waals surface area contributed by atoms with E-state index in [1.807, 2.05) is 48.5 Å². The molecule has 0 atom stereocenters. The van der Waals surface area contributed by atoms with Crippen molar-refractivity contribution in [2.75, 3.05) is 6.61 Å². The number of nitrogens with zero attached hydrogens (tertiary/aromatic N) is 1. The lowest BCUT2D eigenvalue weighted by Gasteiger charge is -2.17. The van der Waals surface area contributed by atoms with Crippen molar-refractivity contribution in [3.8, 4) is 17.2 Å². The Balaban J connectivity index is 1.90. The molecule has 0 spiro atoms. The fraction of sp³-hybridized carbons (Fsp3) is 0.464. The van der Waals surface area contributed by atoms with E-state index < -0.39 is 5.56 Å². The van der Waals surface area contributed by atoms with Crippen LogP contribution in [0.15, 0.2) is 53.3 Å². The van der Waals surface area contributed by atoms with E-state index in [9.17, 15) is 9.90 Å². The van der Waals surface area contributed by atoms with Gasteiger partial charge in [0.15, 0.2) is 5.75 Å². The Bertz CT molecular complexity index is 1060. The minimum Gasteiger partial charge on any atom is -0.500 e. The number of rotatable bonds is 14. The normalized spacial score (nSPS) is 11.1. The van der Waals surface area contributed by atoms with Gasteiger partial charge in [0.25, 0.3) is 5.56 Å². The smallest absolute Gasteiger partial charge is 0.297 e. The highest BCUT2D eigenvalue weighted by Gasteiger charge is 2.18. The van der Waals surface area contributed by atoms with Gasteiger partial charge >= 0.3 is 0 Å². The fourth-order valence-corrected chi connectivity index (χ4v) is 3.99. The van der Waals surface area contributed by atoms with E-state index >= 15 is 0 Å². The van der Waals surface area contributed by atoms with Crippen molar-refractivity contribution < 1.29 is 14.6 Å². The summed E-state index contributed by atoms with van der Waals surface area (Å²) in [5.74, 6) is 0.671. The third kappa shape index (κ3) is 6.77. The van der Waals surface area contributed by atoms with Gasteiger partial charge in [-0.25, -0.2) is 0 Å². The number of fused-ring (bicyclic) bond motifs is 1. The average molecular weight is 452 g/mol. The zero-order chi connectivity index (χ0) is 23.5. The van der Waals surface area contributed by atoms with Gasteiger partial charge in [-0.1, -0.05) is 82.7 Å². The number of aromatic hydroxyl groups is 1. The third-order valence-electron chi connectivity index (χ3n) is 5.90. The van der Waals surface area contributed by atoms with Gasteiger partial charge in [0.1, 0.15) is 12.4 Å². The maximum Gasteiger partial charge on any atom is 0.297 e. The van der Waals surface area contributed by atoms with E-state index in [1.165, 1.54) is 0 Å². The molecule has 0 aliphatic heterocycles. The van der Waals surface area contributed by atoms with Crippen molar-refractivity contribution in [1.29, 1.82) is 0 Å². The molecule has 5 nitrogen and oxygen atoms in total. The van der Waals surface area contributed by atoms with Gasteiger partial charge in [-0.3, -0.25) is 4.79 Å². The molecule has 0 saturated heterocycles. The summed E-state index contributed by atoms with van der Waals surface area (Å²) < 4.78 is 13.6. The Hall–Kier alpha value is -2.95. The highest BCUT2D eigenvalue weighted by Crippen LogP contribution is 2.34. The number of benzene rings is 2. The molecule has 33 heavy (non-hydrogen) atoms. The molecule has 0 saturated carbocycles. The first-order chi connectivity index (χ1) is 16.2. The van der Waals surface area contributed by atoms with Crippen LogP contribution in [0.1, 0.15) is 70.8 Å². The molecule has 1 N–H and O–H groups in total. The van der Waals surface area contributed by atoms with Crippen molar-refractivity contribution in [1.82, 2.24) is 4.57 Å². The van der Waals surface area contributed by atoms with Crippen LogP contribution in [-0.4, -0.2) is 16.3 Å².